The second kappa shape index (κ2) is 11.3. The highest BCUT2D eigenvalue weighted by atomic mass is 32.2. The molecule has 1 amide bonds. The van der Waals surface area contributed by atoms with E-state index in [0.29, 0.717) is 45.8 Å². The van der Waals surface area contributed by atoms with Crippen molar-refractivity contribution < 1.29 is 22.3 Å². The van der Waals surface area contributed by atoms with Crippen LogP contribution < -0.4 is 15.0 Å². The quantitative estimate of drug-likeness (QED) is 0.548. The molecule has 2 aromatic carbocycles. The molecular weight excluding hydrogens is 433 g/mol. The molecule has 0 saturated carbocycles. The van der Waals surface area contributed by atoms with Gasteiger partial charge in [-0.15, -0.1) is 0 Å². The van der Waals surface area contributed by atoms with Crippen LogP contribution in [0.3, 0.4) is 0 Å². The van der Waals surface area contributed by atoms with Crippen LogP contribution in [0.4, 0.5) is 10.1 Å². The first kappa shape index (κ1) is 24.0. The third-order valence-electron chi connectivity index (χ3n) is 5.32. The van der Waals surface area contributed by atoms with E-state index in [9.17, 15) is 17.6 Å². The first-order valence-electron chi connectivity index (χ1n) is 10.8. The first-order valence-corrected chi connectivity index (χ1v) is 12.4. The number of carbonyl (C=O) groups excluding carboxylic acids is 1. The molecule has 0 bridgehead atoms. The van der Waals surface area contributed by atoms with E-state index in [1.807, 2.05) is 36.1 Å². The number of sulfonamides is 1. The van der Waals surface area contributed by atoms with Crippen molar-refractivity contribution in [2.24, 2.45) is 0 Å². The predicted octanol–water partition coefficient (Wildman–Crippen LogP) is 2.43. The van der Waals surface area contributed by atoms with Crippen LogP contribution >= 0.6 is 0 Å². The molecule has 7 nitrogen and oxygen atoms in total. The number of hydrogen-bond donors (Lipinski definition) is 1. The first-order chi connectivity index (χ1) is 15.4. The van der Waals surface area contributed by atoms with Crippen molar-refractivity contribution in [2.45, 2.75) is 19.8 Å². The maximum Gasteiger partial charge on any atom is 0.224 e. The van der Waals surface area contributed by atoms with Crippen molar-refractivity contribution in [2.75, 3.05) is 50.0 Å². The highest BCUT2D eigenvalue weighted by Gasteiger charge is 2.26. The zero-order valence-electron chi connectivity index (χ0n) is 18.3. The summed E-state index contributed by atoms with van der Waals surface area (Å²) in [6.45, 7) is 4.72. The van der Waals surface area contributed by atoms with E-state index in [4.69, 9.17) is 4.74 Å². The normalized spacial score (nSPS) is 14.9. The zero-order valence-corrected chi connectivity index (χ0v) is 19.1. The van der Waals surface area contributed by atoms with Gasteiger partial charge in [0.15, 0.2) is 0 Å². The molecule has 1 N–H and O–H groups in total. The maximum absolute atomic E-state index is 13.1. The van der Waals surface area contributed by atoms with Crippen LogP contribution in [0.2, 0.25) is 0 Å². The van der Waals surface area contributed by atoms with Crippen LogP contribution in [-0.2, 0) is 21.2 Å². The summed E-state index contributed by atoms with van der Waals surface area (Å²) in [4.78, 5) is 14.2. The van der Waals surface area contributed by atoms with E-state index >= 15 is 0 Å². The molecule has 1 aliphatic rings. The van der Waals surface area contributed by atoms with Gasteiger partial charge in [-0.1, -0.05) is 12.1 Å². The minimum atomic E-state index is -3.38. The summed E-state index contributed by atoms with van der Waals surface area (Å²) in [6, 6.07) is 13.6. The number of benzene rings is 2. The molecule has 0 aliphatic carbocycles. The van der Waals surface area contributed by atoms with Gasteiger partial charge in [-0.05, 0) is 55.3 Å². The largest absolute Gasteiger partial charge is 0.494 e. The Bertz CT molecular complexity index is 973. The lowest BCUT2D eigenvalue weighted by Crippen LogP contribution is -2.49. The van der Waals surface area contributed by atoms with Gasteiger partial charge in [-0.3, -0.25) is 4.79 Å². The molecule has 0 aromatic heterocycles. The number of anilines is 1. The Morgan fingerprint density at radius 3 is 2.31 bits per heavy atom. The van der Waals surface area contributed by atoms with Crippen LogP contribution in [0.5, 0.6) is 5.75 Å². The third-order valence-corrected chi connectivity index (χ3v) is 7.28. The van der Waals surface area contributed by atoms with E-state index in [0.717, 1.165) is 17.0 Å². The fourth-order valence-corrected chi connectivity index (χ4v) is 5.09. The van der Waals surface area contributed by atoms with Crippen molar-refractivity contribution in [3.8, 4) is 5.75 Å². The van der Waals surface area contributed by atoms with Gasteiger partial charge >= 0.3 is 0 Å². The molecule has 1 aliphatic heterocycles. The number of hydrogen-bond acceptors (Lipinski definition) is 5. The van der Waals surface area contributed by atoms with E-state index in [-0.39, 0.29) is 23.9 Å². The summed E-state index contributed by atoms with van der Waals surface area (Å²) < 4.78 is 45.2. The fraction of sp³-hybridized carbons (Fsp3) is 0.435. The Balaban J connectivity index is 1.37. The number of nitrogens with one attached hydrogen (secondary N) is 1. The molecule has 1 heterocycles. The average molecular weight is 464 g/mol. The van der Waals surface area contributed by atoms with Gasteiger partial charge in [-0.25, -0.2) is 12.8 Å². The second-order valence-corrected chi connectivity index (χ2v) is 9.72. The number of carbonyl (C=O) groups is 1. The smallest absolute Gasteiger partial charge is 0.224 e. The Labute approximate surface area is 189 Å². The predicted molar refractivity (Wildman–Crippen MR) is 123 cm³/mol. The zero-order chi connectivity index (χ0) is 23.0. The van der Waals surface area contributed by atoms with E-state index < -0.39 is 10.0 Å². The van der Waals surface area contributed by atoms with Crippen LogP contribution in [0.1, 0.15) is 18.9 Å². The molecule has 2 aromatic rings. The van der Waals surface area contributed by atoms with Gasteiger partial charge < -0.3 is 15.0 Å². The van der Waals surface area contributed by atoms with Crippen LogP contribution in [0, 0.1) is 5.82 Å². The number of halogens is 1. The summed E-state index contributed by atoms with van der Waals surface area (Å²) in [5, 5.41) is 2.79. The summed E-state index contributed by atoms with van der Waals surface area (Å²) in [6.07, 6.45) is 0.597. The molecule has 3 rings (SSSR count). The molecule has 9 heteroatoms. The molecule has 1 saturated heterocycles. The molecule has 0 unspecified atom stereocenters. The topological polar surface area (TPSA) is 78.9 Å². The summed E-state index contributed by atoms with van der Waals surface area (Å²) in [5.74, 6) is 0.328. The van der Waals surface area contributed by atoms with Gasteiger partial charge in [0, 0.05) is 38.4 Å². The SMILES string of the molecule is CCOc1ccc(CC(=O)NCCCS(=O)(=O)N2CCN(c3ccc(F)cc3)CC2)cc1. The number of ether oxygens (including phenoxy) is 1. The fourth-order valence-electron chi connectivity index (χ4n) is 3.61. The Hall–Kier alpha value is -2.65. The molecule has 0 atom stereocenters. The maximum atomic E-state index is 13.1. The Morgan fingerprint density at radius 1 is 1.03 bits per heavy atom. The average Bonchev–Trinajstić information content (AvgIpc) is 2.79. The Kier molecular flexibility index (Phi) is 8.46. The number of amides is 1. The minimum Gasteiger partial charge on any atom is -0.494 e. The van der Waals surface area contributed by atoms with Crippen LogP contribution in [0.15, 0.2) is 48.5 Å². The highest BCUT2D eigenvalue weighted by Crippen LogP contribution is 2.18. The van der Waals surface area contributed by atoms with E-state index in [1.165, 1.54) is 16.4 Å². The molecule has 1 fully saturated rings. The van der Waals surface area contributed by atoms with Gasteiger partial charge in [0.25, 0.3) is 0 Å². The van der Waals surface area contributed by atoms with Gasteiger partial charge in [0.1, 0.15) is 11.6 Å². The third kappa shape index (κ3) is 6.93. The number of piperazine rings is 1. The van der Waals surface area contributed by atoms with Crippen molar-refractivity contribution in [3.05, 3.63) is 59.9 Å². The molecule has 32 heavy (non-hydrogen) atoms. The van der Waals surface area contributed by atoms with Crippen molar-refractivity contribution in [3.63, 3.8) is 0 Å². The summed E-state index contributed by atoms with van der Waals surface area (Å²) >= 11 is 0. The second-order valence-electron chi connectivity index (χ2n) is 7.64. The number of nitrogens with zero attached hydrogens (tertiary/aromatic N) is 2. The van der Waals surface area contributed by atoms with E-state index in [1.54, 1.807) is 12.1 Å². The van der Waals surface area contributed by atoms with Gasteiger partial charge in [-0.2, -0.15) is 4.31 Å². The van der Waals surface area contributed by atoms with Crippen molar-refractivity contribution in [1.29, 1.82) is 0 Å². The Morgan fingerprint density at radius 2 is 1.69 bits per heavy atom. The number of rotatable bonds is 10. The van der Waals surface area contributed by atoms with Gasteiger partial charge in [0.2, 0.25) is 15.9 Å². The lowest BCUT2D eigenvalue weighted by molar-refractivity contribution is -0.120. The van der Waals surface area contributed by atoms with E-state index in [2.05, 4.69) is 5.32 Å². The molecule has 174 valence electrons. The molecule has 0 radical (unpaired) electrons. The standard InChI is InChI=1S/C23H30FN3O4S/c1-2-31-22-10-4-19(5-11-22)18-23(28)25-12-3-17-32(29,30)27-15-13-26(14-16-27)21-8-6-20(24)7-9-21/h4-11H,2-3,12-18H2,1H3,(H,25,28). The minimum absolute atomic E-state index is 0.00706. The summed E-state index contributed by atoms with van der Waals surface area (Å²) in [5.41, 5.74) is 1.76. The lowest BCUT2D eigenvalue weighted by atomic mass is 10.1. The highest BCUT2D eigenvalue weighted by molar-refractivity contribution is 7.89. The van der Waals surface area contributed by atoms with Crippen LogP contribution in [0.25, 0.3) is 0 Å². The van der Waals surface area contributed by atoms with Gasteiger partial charge in [0.05, 0.1) is 18.8 Å². The lowest BCUT2D eigenvalue weighted by Gasteiger charge is -2.35. The van der Waals surface area contributed by atoms with Crippen molar-refractivity contribution in [1.82, 2.24) is 9.62 Å². The molecule has 0 spiro atoms. The van der Waals surface area contributed by atoms with Crippen molar-refractivity contribution >= 4 is 21.6 Å². The molecular formula is C23H30FN3O4S. The summed E-state index contributed by atoms with van der Waals surface area (Å²) in [7, 11) is -3.38. The monoisotopic (exact) mass is 463 g/mol. The van der Waals surface area contributed by atoms with Crippen LogP contribution in [-0.4, -0.2) is 63.7 Å².